The lowest BCUT2D eigenvalue weighted by atomic mass is 9.95. The molecule has 5 heteroatoms. The summed E-state index contributed by atoms with van der Waals surface area (Å²) in [5, 5.41) is 0.531. The number of nitrogens with two attached hydrogens (primary N) is 1. The Labute approximate surface area is 124 Å². The second kappa shape index (κ2) is 6.46. The van der Waals surface area contributed by atoms with Gasteiger partial charge in [-0.3, -0.25) is 4.79 Å². The van der Waals surface area contributed by atoms with Crippen molar-refractivity contribution in [1.29, 1.82) is 0 Å². The number of likely N-dealkylation sites (tertiary alicyclic amines) is 1. The average molecular weight is 297 g/mol. The number of ether oxygens (including phenoxy) is 1. The number of piperidine rings is 1. The highest BCUT2D eigenvalue weighted by molar-refractivity contribution is 6.31. The molecule has 1 aliphatic rings. The van der Waals surface area contributed by atoms with Crippen LogP contribution in [0.15, 0.2) is 18.2 Å². The van der Waals surface area contributed by atoms with Crippen LogP contribution in [0.2, 0.25) is 5.02 Å². The molecule has 1 aromatic carbocycles. The minimum absolute atomic E-state index is 0.0491. The maximum atomic E-state index is 12.8. The van der Waals surface area contributed by atoms with E-state index in [1.807, 2.05) is 4.90 Å². The van der Waals surface area contributed by atoms with Crippen molar-refractivity contribution in [2.24, 2.45) is 5.73 Å². The molecule has 2 rings (SSSR count). The van der Waals surface area contributed by atoms with Gasteiger partial charge in [-0.25, -0.2) is 0 Å². The lowest BCUT2D eigenvalue weighted by Crippen LogP contribution is -2.51. The van der Waals surface area contributed by atoms with Crippen LogP contribution >= 0.6 is 11.6 Å². The Morgan fingerprint density at radius 3 is 2.90 bits per heavy atom. The summed E-state index contributed by atoms with van der Waals surface area (Å²) in [6.07, 6.45) is 3.07. The lowest BCUT2D eigenvalue weighted by Gasteiger charge is -2.40. The van der Waals surface area contributed by atoms with E-state index in [9.17, 15) is 4.79 Å². The van der Waals surface area contributed by atoms with E-state index < -0.39 is 0 Å². The number of hydrogen-bond donors (Lipinski definition) is 1. The van der Waals surface area contributed by atoms with Gasteiger partial charge in [0, 0.05) is 23.7 Å². The van der Waals surface area contributed by atoms with Crippen LogP contribution in [0.1, 0.15) is 36.5 Å². The van der Waals surface area contributed by atoms with Gasteiger partial charge in [0.2, 0.25) is 0 Å². The van der Waals surface area contributed by atoms with Gasteiger partial charge in [0.25, 0.3) is 5.91 Å². The fourth-order valence-corrected chi connectivity index (χ4v) is 3.04. The summed E-state index contributed by atoms with van der Waals surface area (Å²) in [5.74, 6) is 0.500. The largest absolute Gasteiger partial charge is 0.496 e. The fraction of sp³-hybridized carbons (Fsp3) is 0.533. The van der Waals surface area contributed by atoms with Crippen molar-refractivity contribution in [3.8, 4) is 5.75 Å². The molecular formula is C15H21ClN2O2. The molecule has 20 heavy (non-hydrogen) atoms. The molecule has 110 valence electrons. The van der Waals surface area contributed by atoms with E-state index in [1.54, 1.807) is 25.3 Å². The zero-order valence-corrected chi connectivity index (χ0v) is 12.7. The number of methoxy groups -OCH3 is 1. The second-order valence-electron chi connectivity index (χ2n) is 5.23. The third kappa shape index (κ3) is 2.91. The standard InChI is InChI=1S/C15H21ClN2O2/c1-10-4-3-5-12(9-17)18(10)15(19)13-8-11(16)6-7-14(13)20-2/h6-8,10,12H,3-5,9,17H2,1-2H3. The maximum Gasteiger partial charge on any atom is 0.258 e. The molecule has 0 radical (unpaired) electrons. The number of carbonyl (C=O) groups is 1. The summed E-state index contributed by atoms with van der Waals surface area (Å²) in [5.41, 5.74) is 6.33. The summed E-state index contributed by atoms with van der Waals surface area (Å²) < 4.78 is 5.28. The number of nitrogens with zero attached hydrogens (tertiary/aromatic N) is 1. The molecule has 1 saturated heterocycles. The van der Waals surface area contributed by atoms with Crippen molar-refractivity contribution in [3.63, 3.8) is 0 Å². The molecule has 0 spiro atoms. The van der Waals surface area contributed by atoms with Gasteiger partial charge in [0.15, 0.2) is 0 Å². The summed E-state index contributed by atoms with van der Waals surface area (Å²) in [6, 6.07) is 5.39. The quantitative estimate of drug-likeness (QED) is 0.933. The van der Waals surface area contributed by atoms with E-state index in [-0.39, 0.29) is 18.0 Å². The predicted molar refractivity (Wildman–Crippen MR) is 80.3 cm³/mol. The molecule has 2 N–H and O–H groups in total. The molecule has 1 aromatic rings. The number of rotatable bonds is 3. The minimum Gasteiger partial charge on any atom is -0.496 e. The molecule has 0 saturated carbocycles. The van der Waals surface area contributed by atoms with Crippen LogP contribution in [-0.2, 0) is 0 Å². The van der Waals surface area contributed by atoms with E-state index in [2.05, 4.69) is 6.92 Å². The van der Waals surface area contributed by atoms with Gasteiger partial charge < -0.3 is 15.4 Å². The van der Waals surface area contributed by atoms with E-state index >= 15 is 0 Å². The Hall–Kier alpha value is -1.26. The first-order valence-electron chi connectivity index (χ1n) is 6.94. The highest BCUT2D eigenvalue weighted by Gasteiger charge is 2.32. The normalized spacial score (nSPS) is 22.7. The van der Waals surface area contributed by atoms with Crippen LogP contribution in [-0.4, -0.2) is 36.5 Å². The van der Waals surface area contributed by atoms with Gasteiger partial charge in [-0.15, -0.1) is 0 Å². The van der Waals surface area contributed by atoms with Crippen molar-refractivity contribution in [2.45, 2.75) is 38.3 Å². The van der Waals surface area contributed by atoms with Crippen LogP contribution in [0.3, 0.4) is 0 Å². The van der Waals surface area contributed by atoms with Gasteiger partial charge >= 0.3 is 0 Å². The first-order chi connectivity index (χ1) is 9.58. The Morgan fingerprint density at radius 2 is 2.25 bits per heavy atom. The number of amides is 1. The van der Waals surface area contributed by atoms with E-state index in [0.29, 0.717) is 22.9 Å². The Bertz CT molecular complexity index is 493. The Morgan fingerprint density at radius 1 is 1.50 bits per heavy atom. The van der Waals surface area contributed by atoms with Crippen molar-refractivity contribution in [2.75, 3.05) is 13.7 Å². The van der Waals surface area contributed by atoms with Crippen molar-refractivity contribution >= 4 is 17.5 Å². The van der Waals surface area contributed by atoms with Crippen LogP contribution in [0, 0.1) is 0 Å². The molecule has 0 aliphatic carbocycles. The third-order valence-corrected chi connectivity index (χ3v) is 4.16. The van der Waals surface area contributed by atoms with Crippen molar-refractivity contribution < 1.29 is 9.53 Å². The lowest BCUT2D eigenvalue weighted by molar-refractivity contribution is 0.0491. The predicted octanol–water partition coefficient (Wildman–Crippen LogP) is 2.69. The molecule has 0 aromatic heterocycles. The van der Waals surface area contributed by atoms with Crippen LogP contribution in [0.25, 0.3) is 0 Å². The number of carbonyl (C=O) groups excluding carboxylic acids is 1. The van der Waals surface area contributed by atoms with E-state index in [4.69, 9.17) is 22.1 Å². The smallest absolute Gasteiger partial charge is 0.258 e. The molecule has 2 atom stereocenters. The zero-order valence-electron chi connectivity index (χ0n) is 11.9. The SMILES string of the molecule is COc1ccc(Cl)cc1C(=O)N1C(C)CCCC1CN. The topological polar surface area (TPSA) is 55.6 Å². The summed E-state index contributed by atoms with van der Waals surface area (Å²) in [4.78, 5) is 14.7. The molecule has 0 bridgehead atoms. The number of benzene rings is 1. The van der Waals surface area contributed by atoms with Crippen LogP contribution in [0.5, 0.6) is 5.75 Å². The first-order valence-corrected chi connectivity index (χ1v) is 7.32. The Balaban J connectivity index is 2.36. The van der Waals surface area contributed by atoms with Gasteiger partial charge in [-0.2, -0.15) is 0 Å². The number of hydrogen-bond acceptors (Lipinski definition) is 3. The molecule has 1 fully saturated rings. The Kier molecular flexibility index (Phi) is 4.89. The fourth-order valence-electron chi connectivity index (χ4n) is 2.87. The maximum absolute atomic E-state index is 12.8. The second-order valence-corrected chi connectivity index (χ2v) is 5.66. The van der Waals surface area contributed by atoms with Crippen molar-refractivity contribution in [1.82, 2.24) is 4.90 Å². The highest BCUT2D eigenvalue weighted by atomic mass is 35.5. The van der Waals surface area contributed by atoms with Gasteiger partial charge in [-0.1, -0.05) is 11.6 Å². The molecule has 4 nitrogen and oxygen atoms in total. The van der Waals surface area contributed by atoms with Crippen molar-refractivity contribution in [3.05, 3.63) is 28.8 Å². The average Bonchev–Trinajstić information content (AvgIpc) is 2.46. The molecular weight excluding hydrogens is 276 g/mol. The van der Waals surface area contributed by atoms with E-state index in [0.717, 1.165) is 19.3 Å². The first kappa shape index (κ1) is 15.1. The summed E-state index contributed by atoms with van der Waals surface area (Å²) >= 11 is 6.01. The van der Waals surface area contributed by atoms with Gasteiger partial charge in [0.05, 0.1) is 12.7 Å². The van der Waals surface area contributed by atoms with Crippen LogP contribution in [0.4, 0.5) is 0 Å². The summed E-state index contributed by atoms with van der Waals surface area (Å²) in [7, 11) is 1.56. The van der Waals surface area contributed by atoms with E-state index in [1.165, 1.54) is 0 Å². The van der Waals surface area contributed by atoms with Gasteiger partial charge in [-0.05, 0) is 44.4 Å². The minimum atomic E-state index is -0.0491. The molecule has 1 amide bonds. The molecule has 1 aliphatic heterocycles. The molecule has 1 heterocycles. The zero-order chi connectivity index (χ0) is 14.7. The highest BCUT2D eigenvalue weighted by Crippen LogP contribution is 2.29. The monoisotopic (exact) mass is 296 g/mol. The third-order valence-electron chi connectivity index (χ3n) is 3.93. The summed E-state index contributed by atoms with van der Waals surface area (Å²) in [6.45, 7) is 2.55. The van der Waals surface area contributed by atoms with Gasteiger partial charge in [0.1, 0.15) is 5.75 Å². The number of halogens is 1. The van der Waals surface area contributed by atoms with Crippen LogP contribution < -0.4 is 10.5 Å². The molecule has 2 unspecified atom stereocenters.